The minimum Gasteiger partial charge on any atom is -0.489 e. The zero-order valence-electron chi connectivity index (χ0n) is 16.6. The Balaban J connectivity index is 2.08. The van der Waals surface area contributed by atoms with Crippen LogP contribution in [0, 0.1) is 0 Å². The lowest BCUT2D eigenvalue weighted by molar-refractivity contribution is -0.328. The molecular formula is C19H23F6NO4. The largest absolute Gasteiger partial charge is 0.522 e. The summed E-state index contributed by atoms with van der Waals surface area (Å²) in [5.41, 5.74) is -1.70. The maximum Gasteiger partial charge on any atom is 0.522 e. The van der Waals surface area contributed by atoms with Crippen molar-refractivity contribution >= 4 is 6.09 Å². The van der Waals surface area contributed by atoms with E-state index < -0.39 is 48.5 Å². The topological polar surface area (TPSA) is 48.0 Å². The van der Waals surface area contributed by atoms with Crippen LogP contribution in [0.25, 0.3) is 0 Å². The minimum atomic E-state index is -4.84. The number of carbonyl (C=O) groups is 1. The summed E-state index contributed by atoms with van der Waals surface area (Å²) < 4.78 is 90.1. The van der Waals surface area contributed by atoms with E-state index in [-0.39, 0.29) is 25.1 Å². The molecule has 2 atom stereocenters. The van der Waals surface area contributed by atoms with Gasteiger partial charge in [-0.1, -0.05) is 0 Å². The van der Waals surface area contributed by atoms with Gasteiger partial charge in [-0.3, -0.25) is 9.64 Å². The van der Waals surface area contributed by atoms with Gasteiger partial charge in [-0.05, 0) is 57.9 Å². The van der Waals surface area contributed by atoms with Gasteiger partial charge in [0.1, 0.15) is 17.5 Å². The molecule has 1 aromatic carbocycles. The number of nitrogens with zero attached hydrogens (tertiary/aromatic N) is 1. The third kappa shape index (κ3) is 7.58. The predicted octanol–water partition coefficient (Wildman–Crippen LogP) is 5.39. The molecule has 0 bridgehead atoms. The van der Waals surface area contributed by atoms with Crippen molar-refractivity contribution in [1.82, 2.24) is 4.90 Å². The highest BCUT2D eigenvalue weighted by atomic mass is 19.4. The quantitative estimate of drug-likeness (QED) is 0.586. The van der Waals surface area contributed by atoms with Gasteiger partial charge in [-0.15, -0.1) is 13.2 Å². The molecule has 0 aliphatic carbocycles. The number of amides is 1. The smallest absolute Gasteiger partial charge is 0.489 e. The monoisotopic (exact) mass is 443 g/mol. The Morgan fingerprint density at radius 2 is 1.63 bits per heavy atom. The number of hydrogen-bond donors (Lipinski definition) is 0. The fourth-order valence-electron chi connectivity index (χ4n) is 2.91. The average Bonchev–Trinajstić information content (AvgIpc) is 2.58. The summed E-state index contributed by atoms with van der Waals surface area (Å²) in [6, 6.07) is 3.15. The van der Waals surface area contributed by atoms with E-state index in [1.165, 1.54) is 0 Å². The summed E-state index contributed by atoms with van der Waals surface area (Å²) in [6.45, 7) is 4.00. The molecule has 0 saturated carbocycles. The van der Waals surface area contributed by atoms with Crippen molar-refractivity contribution in [3.8, 4) is 5.75 Å². The highest BCUT2D eigenvalue weighted by Gasteiger charge is 2.38. The van der Waals surface area contributed by atoms with E-state index in [4.69, 9.17) is 9.47 Å². The van der Waals surface area contributed by atoms with E-state index in [0.29, 0.717) is 0 Å². The van der Waals surface area contributed by atoms with Crippen LogP contribution in [0.4, 0.5) is 31.1 Å². The van der Waals surface area contributed by atoms with Crippen molar-refractivity contribution in [2.24, 2.45) is 0 Å². The van der Waals surface area contributed by atoms with Crippen LogP contribution in [0.5, 0.6) is 5.75 Å². The van der Waals surface area contributed by atoms with E-state index in [1.54, 1.807) is 20.8 Å². The van der Waals surface area contributed by atoms with Crippen LogP contribution in [0.15, 0.2) is 24.3 Å². The summed E-state index contributed by atoms with van der Waals surface area (Å²) >= 11 is 0. The maximum atomic E-state index is 12.7. The molecule has 0 N–H and O–H groups in total. The Kier molecular flexibility index (Phi) is 7.16. The van der Waals surface area contributed by atoms with E-state index in [9.17, 15) is 31.1 Å². The van der Waals surface area contributed by atoms with Crippen LogP contribution in [-0.2, 0) is 15.7 Å². The Hall–Kier alpha value is -2.17. The molecule has 0 unspecified atom stereocenters. The van der Waals surface area contributed by atoms with Crippen LogP contribution < -0.4 is 4.74 Å². The van der Waals surface area contributed by atoms with E-state index >= 15 is 0 Å². The third-order valence-corrected chi connectivity index (χ3v) is 4.21. The predicted molar refractivity (Wildman–Crippen MR) is 93.8 cm³/mol. The molecule has 1 saturated heterocycles. The highest BCUT2D eigenvalue weighted by molar-refractivity contribution is 5.68. The Morgan fingerprint density at radius 3 is 2.13 bits per heavy atom. The summed E-state index contributed by atoms with van der Waals surface area (Å²) in [7, 11) is 0. The molecule has 1 amide bonds. The summed E-state index contributed by atoms with van der Waals surface area (Å²) in [5, 5.41) is 0. The molecule has 1 heterocycles. The molecule has 11 heteroatoms. The van der Waals surface area contributed by atoms with Crippen molar-refractivity contribution in [3.63, 3.8) is 0 Å². The first kappa shape index (κ1) is 24.1. The molecule has 5 nitrogen and oxygen atoms in total. The fourth-order valence-corrected chi connectivity index (χ4v) is 2.91. The average molecular weight is 443 g/mol. The van der Waals surface area contributed by atoms with Crippen molar-refractivity contribution < 1.29 is 45.3 Å². The number of hydrogen-bond acceptors (Lipinski definition) is 4. The first-order chi connectivity index (χ1) is 13.6. The second-order valence-corrected chi connectivity index (χ2v) is 7.88. The van der Waals surface area contributed by atoms with Crippen LogP contribution in [0.3, 0.4) is 0 Å². The number of benzene rings is 1. The van der Waals surface area contributed by atoms with E-state index in [2.05, 4.69) is 4.74 Å². The minimum absolute atomic E-state index is 0.0954. The Labute approximate surface area is 169 Å². The number of ether oxygens (including phenoxy) is 3. The lowest BCUT2D eigenvalue weighted by Gasteiger charge is -2.39. The summed E-state index contributed by atoms with van der Waals surface area (Å²) in [5.74, 6) is 0.155. The van der Waals surface area contributed by atoms with Gasteiger partial charge in [-0.2, -0.15) is 13.2 Å². The van der Waals surface area contributed by atoms with Gasteiger partial charge in [0, 0.05) is 0 Å². The zero-order chi connectivity index (χ0) is 22.7. The molecule has 1 aliphatic heterocycles. The van der Waals surface area contributed by atoms with Crippen LogP contribution in [-0.4, -0.2) is 48.3 Å². The molecule has 30 heavy (non-hydrogen) atoms. The standard InChI is InChI=1S/C19H23F6NO4/c1-17(2,3)30-16(27)26-10-15(9-6-13(26)11-28-19(23,24)25)29-14-7-4-12(5-8-14)18(20,21)22/h4-5,7-8,13,15H,6,9-11H2,1-3H3/t13-,15-/m0/s1. The highest BCUT2D eigenvalue weighted by Crippen LogP contribution is 2.31. The number of carbonyl (C=O) groups excluding carboxylic acids is 1. The van der Waals surface area contributed by atoms with E-state index in [1.807, 2.05) is 0 Å². The number of likely N-dealkylation sites (tertiary alicyclic amines) is 1. The maximum absolute atomic E-state index is 12.7. The van der Waals surface area contributed by atoms with Crippen LogP contribution in [0.2, 0.25) is 0 Å². The van der Waals surface area contributed by atoms with Crippen LogP contribution in [0.1, 0.15) is 39.2 Å². The lowest BCUT2D eigenvalue weighted by atomic mass is 10.0. The molecule has 1 aromatic rings. The molecular weight excluding hydrogens is 420 g/mol. The Morgan fingerprint density at radius 1 is 1.03 bits per heavy atom. The number of alkyl halides is 6. The fraction of sp³-hybridized carbons (Fsp3) is 0.632. The van der Waals surface area contributed by atoms with Gasteiger partial charge in [0.05, 0.1) is 24.8 Å². The van der Waals surface area contributed by atoms with Gasteiger partial charge in [-0.25, -0.2) is 4.79 Å². The zero-order valence-corrected chi connectivity index (χ0v) is 16.6. The van der Waals surface area contributed by atoms with Gasteiger partial charge < -0.3 is 9.47 Å². The summed E-state index contributed by atoms with van der Waals surface area (Å²) in [6.07, 6.45) is -10.3. The Bertz CT molecular complexity index is 712. The number of rotatable bonds is 4. The third-order valence-electron chi connectivity index (χ3n) is 4.21. The van der Waals surface area contributed by atoms with Crippen molar-refractivity contribution in [3.05, 3.63) is 29.8 Å². The molecule has 1 aliphatic rings. The van der Waals surface area contributed by atoms with Crippen LogP contribution >= 0.6 is 0 Å². The molecule has 2 rings (SSSR count). The number of piperidine rings is 1. The van der Waals surface area contributed by atoms with Gasteiger partial charge >= 0.3 is 18.6 Å². The van der Waals surface area contributed by atoms with Crippen molar-refractivity contribution in [2.75, 3.05) is 13.2 Å². The molecule has 1 fully saturated rings. The van der Waals surface area contributed by atoms with Gasteiger partial charge in [0.15, 0.2) is 0 Å². The summed E-state index contributed by atoms with van der Waals surface area (Å²) in [4.78, 5) is 13.6. The SMILES string of the molecule is CC(C)(C)OC(=O)N1C[C@@H](Oc2ccc(C(F)(F)F)cc2)CC[C@H]1COC(F)(F)F. The lowest BCUT2D eigenvalue weighted by Crippen LogP contribution is -2.53. The molecule has 0 radical (unpaired) electrons. The first-order valence-electron chi connectivity index (χ1n) is 9.18. The first-order valence-corrected chi connectivity index (χ1v) is 9.18. The normalized spacial score (nSPS) is 20.8. The van der Waals surface area contributed by atoms with Crippen molar-refractivity contribution in [1.29, 1.82) is 0 Å². The number of halogens is 6. The van der Waals surface area contributed by atoms with Gasteiger partial charge in [0.2, 0.25) is 0 Å². The molecule has 0 spiro atoms. The second-order valence-electron chi connectivity index (χ2n) is 7.88. The van der Waals surface area contributed by atoms with E-state index in [0.717, 1.165) is 29.2 Å². The second kappa shape index (κ2) is 8.91. The molecule has 170 valence electrons. The molecule has 0 aromatic heterocycles. The van der Waals surface area contributed by atoms with Gasteiger partial charge in [0.25, 0.3) is 0 Å². The van der Waals surface area contributed by atoms with Crippen molar-refractivity contribution in [2.45, 2.75) is 63.9 Å².